The first-order chi connectivity index (χ1) is 10.7. The van der Waals surface area contributed by atoms with E-state index in [2.05, 4.69) is 10.3 Å². The number of carbonyl (C=O) groups is 1. The summed E-state index contributed by atoms with van der Waals surface area (Å²) in [5.41, 5.74) is 0. The number of nitrogens with one attached hydrogen (secondary N) is 1. The lowest BCUT2D eigenvalue weighted by atomic mass is 10.3. The van der Waals surface area contributed by atoms with Crippen LogP contribution in [0.5, 0.6) is 11.5 Å². The van der Waals surface area contributed by atoms with Crippen LogP contribution < -0.4 is 14.8 Å². The number of hydrogen-bond donors (Lipinski definition) is 1. The molecule has 0 radical (unpaired) electrons. The maximum absolute atomic E-state index is 11.8. The second kappa shape index (κ2) is 8.07. The van der Waals surface area contributed by atoms with Gasteiger partial charge in [0.05, 0.1) is 6.61 Å². The van der Waals surface area contributed by atoms with E-state index in [9.17, 15) is 4.79 Å². The summed E-state index contributed by atoms with van der Waals surface area (Å²) in [6.07, 6.45) is 4.31. The highest BCUT2D eigenvalue weighted by molar-refractivity contribution is 5.77. The van der Waals surface area contributed by atoms with Crippen molar-refractivity contribution < 1.29 is 14.3 Å². The van der Waals surface area contributed by atoms with Crippen molar-refractivity contribution in [3.63, 3.8) is 0 Å². The van der Waals surface area contributed by atoms with E-state index >= 15 is 0 Å². The number of carbonyl (C=O) groups excluding carboxylic acids is 1. The van der Waals surface area contributed by atoms with Gasteiger partial charge in [-0.2, -0.15) is 0 Å². The Morgan fingerprint density at radius 2 is 2.00 bits per heavy atom. The molecule has 0 fully saturated rings. The standard InChI is InChI=1S/C16H21N3O3/c1-3-21-13-6-4-5-7-14(13)22-12-16(20)18-9-8-15-17-10-11-19(15)2/h4-7,10-11H,3,8-9,12H2,1-2H3,(H,18,20). The minimum Gasteiger partial charge on any atom is -0.490 e. The van der Waals surface area contributed by atoms with Crippen molar-refractivity contribution in [2.24, 2.45) is 7.05 Å². The Bertz CT molecular complexity index is 610. The second-order valence-electron chi connectivity index (χ2n) is 4.72. The van der Waals surface area contributed by atoms with Gasteiger partial charge in [-0.15, -0.1) is 0 Å². The Balaban J connectivity index is 1.75. The smallest absolute Gasteiger partial charge is 0.257 e. The van der Waals surface area contributed by atoms with Crippen molar-refractivity contribution in [2.45, 2.75) is 13.3 Å². The van der Waals surface area contributed by atoms with Gasteiger partial charge in [-0.3, -0.25) is 4.79 Å². The first kappa shape index (κ1) is 15.9. The van der Waals surface area contributed by atoms with Crippen LogP contribution in [0.15, 0.2) is 36.7 Å². The summed E-state index contributed by atoms with van der Waals surface area (Å²) in [5.74, 6) is 1.98. The van der Waals surface area contributed by atoms with Crippen LogP contribution in [0.25, 0.3) is 0 Å². The van der Waals surface area contributed by atoms with Crippen LogP contribution in [-0.2, 0) is 18.3 Å². The SMILES string of the molecule is CCOc1ccccc1OCC(=O)NCCc1nccn1C. The third-order valence-corrected chi connectivity index (χ3v) is 3.10. The Kier molecular flexibility index (Phi) is 5.82. The molecule has 1 heterocycles. The van der Waals surface area contributed by atoms with E-state index in [0.29, 0.717) is 31.1 Å². The predicted octanol–water partition coefficient (Wildman–Crippen LogP) is 1.56. The average Bonchev–Trinajstić information content (AvgIpc) is 2.92. The molecular weight excluding hydrogens is 282 g/mol. The summed E-state index contributed by atoms with van der Waals surface area (Å²) < 4.78 is 12.9. The highest BCUT2D eigenvalue weighted by atomic mass is 16.5. The molecule has 6 heteroatoms. The van der Waals surface area contributed by atoms with E-state index in [1.165, 1.54) is 0 Å². The number of ether oxygens (including phenoxy) is 2. The fraction of sp³-hybridized carbons (Fsp3) is 0.375. The largest absolute Gasteiger partial charge is 0.490 e. The number of amides is 1. The summed E-state index contributed by atoms with van der Waals surface area (Å²) in [6.45, 7) is 2.95. The lowest BCUT2D eigenvalue weighted by Gasteiger charge is -2.11. The molecule has 1 N–H and O–H groups in total. The van der Waals surface area contributed by atoms with Crippen LogP contribution in [0, 0.1) is 0 Å². The van der Waals surface area contributed by atoms with Crippen LogP contribution in [0.4, 0.5) is 0 Å². The normalized spacial score (nSPS) is 10.3. The minimum absolute atomic E-state index is 0.0371. The van der Waals surface area contributed by atoms with Gasteiger partial charge in [0, 0.05) is 32.4 Å². The zero-order chi connectivity index (χ0) is 15.8. The number of aromatic nitrogens is 2. The van der Waals surface area contributed by atoms with Crippen molar-refractivity contribution in [1.29, 1.82) is 0 Å². The molecule has 0 bridgehead atoms. The maximum Gasteiger partial charge on any atom is 0.257 e. The van der Waals surface area contributed by atoms with Gasteiger partial charge >= 0.3 is 0 Å². The van der Waals surface area contributed by atoms with E-state index in [-0.39, 0.29) is 12.5 Å². The fourth-order valence-electron chi connectivity index (χ4n) is 1.99. The Morgan fingerprint density at radius 3 is 2.64 bits per heavy atom. The number of nitrogens with zero attached hydrogens (tertiary/aromatic N) is 2. The third kappa shape index (κ3) is 4.51. The number of imidazole rings is 1. The zero-order valence-electron chi connectivity index (χ0n) is 12.9. The van der Waals surface area contributed by atoms with Crippen LogP contribution in [0.3, 0.4) is 0 Å². The lowest BCUT2D eigenvalue weighted by Crippen LogP contribution is -2.31. The molecule has 0 saturated heterocycles. The zero-order valence-corrected chi connectivity index (χ0v) is 12.9. The molecule has 0 unspecified atom stereocenters. The second-order valence-corrected chi connectivity index (χ2v) is 4.72. The molecule has 1 amide bonds. The van der Waals surface area contributed by atoms with Crippen molar-refractivity contribution in [3.8, 4) is 11.5 Å². The first-order valence-corrected chi connectivity index (χ1v) is 7.28. The summed E-state index contributed by atoms with van der Waals surface area (Å²) in [7, 11) is 1.93. The fourth-order valence-corrected chi connectivity index (χ4v) is 1.99. The van der Waals surface area contributed by atoms with Crippen LogP contribution in [0.1, 0.15) is 12.7 Å². The number of hydrogen-bond acceptors (Lipinski definition) is 4. The van der Waals surface area contributed by atoms with Gasteiger partial charge in [0.15, 0.2) is 18.1 Å². The van der Waals surface area contributed by atoms with E-state index in [4.69, 9.17) is 9.47 Å². The highest BCUT2D eigenvalue weighted by Gasteiger charge is 2.07. The summed E-state index contributed by atoms with van der Waals surface area (Å²) >= 11 is 0. The molecule has 0 aliphatic rings. The van der Waals surface area contributed by atoms with E-state index in [1.54, 1.807) is 12.3 Å². The minimum atomic E-state index is -0.166. The Hall–Kier alpha value is -2.50. The number of rotatable bonds is 8. The lowest BCUT2D eigenvalue weighted by molar-refractivity contribution is -0.123. The predicted molar refractivity (Wildman–Crippen MR) is 83.0 cm³/mol. The molecule has 1 aromatic carbocycles. The molecule has 0 aliphatic heterocycles. The monoisotopic (exact) mass is 303 g/mol. The molecule has 0 atom stereocenters. The molecule has 2 rings (SSSR count). The summed E-state index contributed by atoms with van der Waals surface area (Å²) in [5, 5.41) is 2.81. The van der Waals surface area contributed by atoms with Gasteiger partial charge in [0.25, 0.3) is 5.91 Å². The quantitative estimate of drug-likeness (QED) is 0.803. The molecule has 0 saturated carbocycles. The van der Waals surface area contributed by atoms with E-state index in [0.717, 1.165) is 5.82 Å². The van der Waals surface area contributed by atoms with Gasteiger partial charge in [0.2, 0.25) is 0 Å². The van der Waals surface area contributed by atoms with Crippen LogP contribution >= 0.6 is 0 Å². The molecule has 0 aliphatic carbocycles. The molecule has 1 aromatic heterocycles. The van der Waals surface area contributed by atoms with E-state index < -0.39 is 0 Å². The first-order valence-electron chi connectivity index (χ1n) is 7.28. The number of aryl methyl sites for hydroxylation is 1. The number of para-hydroxylation sites is 2. The maximum atomic E-state index is 11.8. The highest BCUT2D eigenvalue weighted by Crippen LogP contribution is 2.26. The van der Waals surface area contributed by atoms with Gasteiger partial charge in [-0.1, -0.05) is 12.1 Å². The summed E-state index contributed by atoms with van der Waals surface area (Å²) in [4.78, 5) is 16.0. The molecule has 118 valence electrons. The summed E-state index contributed by atoms with van der Waals surface area (Å²) in [6, 6.07) is 7.31. The van der Waals surface area contributed by atoms with Crippen molar-refractivity contribution in [3.05, 3.63) is 42.5 Å². The molecule has 6 nitrogen and oxygen atoms in total. The van der Waals surface area contributed by atoms with Gasteiger partial charge < -0.3 is 19.4 Å². The topological polar surface area (TPSA) is 65.4 Å². The molecule has 2 aromatic rings. The Morgan fingerprint density at radius 1 is 1.27 bits per heavy atom. The third-order valence-electron chi connectivity index (χ3n) is 3.10. The van der Waals surface area contributed by atoms with Crippen molar-refractivity contribution in [2.75, 3.05) is 19.8 Å². The average molecular weight is 303 g/mol. The number of benzene rings is 1. The molecule has 22 heavy (non-hydrogen) atoms. The Labute approximate surface area is 130 Å². The molecular formula is C16H21N3O3. The van der Waals surface area contributed by atoms with Crippen molar-refractivity contribution >= 4 is 5.91 Å². The van der Waals surface area contributed by atoms with E-state index in [1.807, 2.05) is 42.9 Å². The van der Waals surface area contributed by atoms with Gasteiger partial charge in [-0.05, 0) is 19.1 Å². The van der Waals surface area contributed by atoms with Crippen molar-refractivity contribution in [1.82, 2.24) is 14.9 Å². The van der Waals surface area contributed by atoms with Gasteiger partial charge in [0.1, 0.15) is 5.82 Å². The van der Waals surface area contributed by atoms with Gasteiger partial charge in [-0.25, -0.2) is 4.98 Å². The van der Waals surface area contributed by atoms with Crippen LogP contribution in [0.2, 0.25) is 0 Å². The van der Waals surface area contributed by atoms with Crippen LogP contribution in [-0.4, -0.2) is 35.2 Å². The molecule has 0 spiro atoms.